The lowest BCUT2D eigenvalue weighted by atomic mass is 10.0. The van der Waals surface area contributed by atoms with Crippen LogP contribution in [-0.2, 0) is 9.84 Å². The molecule has 0 saturated carbocycles. The van der Waals surface area contributed by atoms with Crippen molar-refractivity contribution in [3.05, 3.63) is 35.4 Å². The van der Waals surface area contributed by atoms with Gasteiger partial charge in [0.25, 0.3) is 0 Å². The number of hydrogen-bond donors (Lipinski definition) is 1. The van der Waals surface area contributed by atoms with Crippen LogP contribution in [0.1, 0.15) is 24.2 Å². The second-order valence-corrected chi connectivity index (χ2v) is 8.58. The molecule has 0 aromatic heterocycles. The maximum Gasteiger partial charge on any atom is 0.165 e. The van der Waals surface area contributed by atoms with Crippen LogP contribution in [0.4, 0.5) is 0 Å². The van der Waals surface area contributed by atoms with E-state index >= 15 is 0 Å². The van der Waals surface area contributed by atoms with E-state index in [1.807, 2.05) is 19.1 Å². The Morgan fingerprint density at radius 2 is 1.88 bits per heavy atom. The molecule has 1 aromatic carbocycles. The van der Waals surface area contributed by atoms with E-state index in [1.54, 1.807) is 12.1 Å². The van der Waals surface area contributed by atoms with Crippen molar-refractivity contribution < 1.29 is 13.5 Å². The fourth-order valence-electron chi connectivity index (χ4n) is 1.37. The zero-order valence-corrected chi connectivity index (χ0v) is 11.8. The number of benzene rings is 1. The van der Waals surface area contributed by atoms with Gasteiger partial charge in [0.2, 0.25) is 0 Å². The molecule has 0 aliphatic carbocycles. The SMILES string of the molecule is Cc1ccccc1[C@H](O)[C@@](C)(Br)S(C)(=O)=O. The van der Waals surface area contributed by atoms with Crippen LogP contribution in [-0.4, -0.2) is 23.4 Å². The Morgan fingerprint density at radius 3 is 2.31 bits per heavy atom. The molecule has 0 radical (unpaired) electrons. The molecule has 16 heavy (non-hydrogen) atoms. The largest absolute Gasteiger partial charge is 0.386 e. The smallest absolute Gasteiger partial charge is 0.165 e. The number of alkyl halides is 1. The molecule has 2 atom stereocenters. The minimum absolute atomic E-state index is 0.618. The Hall–Kier alpha value is -0.390. The molecule has 0 aliphatic heterocycles. The molecule has 1 N–H and O–H groups in total. The molecule has 1 aromatic rings. The summed E-state index contributed by atoms with van der Waals surface area (Å²) in [4.78, 5) is 0. The zero-order valence-electron chi connectivity index (χ0n) is 9.44. The van der Waals surface area contributed by atoms with Crippen LogP contribution in [0.15, 0.2) is 24.3 Å². The summed E-state index contributed by atoms with van der Waals surface area (Å²) in [7, 11) is -3.40. The van der Waals surface area contributed by atoms with Gasteiger partial charge >= 0.3 is 0 Å². The molecule has 0 saturated heterocycles. The van der Waals surface area contributed by atoms with E-state index in [-0.39, 0.29) is 0 Å². The Labute approximate surface area is 105 Å². The number of aryl methyl sites for hydroxylation is 1. The molecule has 0 unspecified atom stereocenters. The number of aliphatic hydroxyl groups is 1. The molecule has 0 fully saturated rings. The van der Waals surface area contributed by atoms with Crippen LogP contribution in [0.3, 0.4) is 0 Å². The van der Waals surface area contributed by atoms with Gasteiger partial charge in [0.15, 0.2) is 13.5 Å². The highest BCUT2D eigenvalue weighted by molar-refractivity contribution is 9.11. The van der Waals surface area contributed by atoms with Gasteiger partial charge < -0.3 is 5.11 Å². The van der Waals surface area contributed by atoms with Gasteiger partial charge in [-0.1, -0.05) is 40.2 Å². The summed E-state index contributed by atoms with van der Waals surface area (Å²) in [5, 5.41) is 10.1. The van der Waals surface area contributed by atoms with Crippen LogP contribution in [0.2, 0.25) is 0 Å². The van der Waals surface area contributed by atoms with Gasteiger partial charge in [0.05, 0.1) is 0 Å². The molecule has 0 aliphatic rings. The molecule has 0 bridgehead atoms. The van der Waals surface area contributed by atoms with Crippen molar-refractivity contribution in [2.24, 2.45) is 0 Å². The second kappa shape index (κ2) is 4.47. The molecule has 0 heterocycles. The monoisotopic (exact) mass is 306 g/mol. The van der Waals surface area contributed by atoms with E-state index in [2.05, 4.69) is 15.9 Å². The molecule has 5 heteroatoms. The first-order valence-electron chi connectivity index (χ1n) is 4.80. The first-order chi connectivity index (χ1) is 7.18. The highest BCUT2D eigenvalue weighted by Gasteiger charge is 2.41. The van der Waals surface area contributed by atoms with Gasteiger partial charge in [-0.15, -0.1) is 0 Å². The Morgan fingerprint density at radius 1 is 1.38 bits per heavy atom. The summed E-state index contributed by atoms with van der Waals surface area (Å²) in [6.07, 6.45) is 0.00664. The average Bonchev–Trinajstić information content (AvgIpc) is 2.15. The van der Waals surface area contributed by atoms with Crippen molar-refractivity contribution in [1.29, 1.82) is 0 Å². The number of sulfone groups is 1. The van der Waals surface area contributed by atoms with Crippen LogP contribution in [0.5, 0.6) is 0 Å². The average molecular weight is 307 g/mol. The van der Waals surface area contributed by atoms with Crippen LogP contribution in [0, 0.1) is 6.92 Å². The Bertz CT molecular complexity index is 480. The highest BCUT2D eigenvalue weighted by atomic mass is 79.9. The highest BCUT2D eigenvalue weighted by Crippen LogP contribution is 2.38. The van der Waals surface area contributed by atoms with E-state index in [9.17, 15) is 13.5 Å². The molecule has 3 nitrogen and oxygen atoms in total. The summed E-state index contributed by atoms with van der Waals surface area (Å²) in [6.45, 7) is 3.29. The standard InChI is InChI=1S/C11H15BrO3S/c1-8-6-4-5-7-9(8)10(13)11(2,12)16(3,14)15/h4-7,10,13H,1-3H3/t10-,11-/m0/s1. The second-order valence-electron chi connectivity index (χ2n) is 4.02. The van der Waals surface area contributed by atoms with Gasteiger partial charge in [0, 0.05) is 6.26 Å². The summed E-state index contributed by atoms with van der Waals surface area (Å²) in [5.41, 5.74) is 1.48. The topological polar surface area (TPSA) is 54.4 Å². The van der Waals surface area contributed by atoms with Crippen molar-refractivity contribution >= 4 is 25.8 Å². The van der Waals surface area contributed by atoms with Gasteiger partial charge in [-0.25, -0.2) is 8.42 Å². The van der Waals surface area contributed by atoms with Crippen molar-refractivity contribution in [3.63, 3.8) is 0 Å². The van der Waals surface area contributed by atoms with Crippen LogP contribution in [0.25, 0.3) is 0 Å². The van der Waals surface area contributed by atoms with E-state index in [4.69, 9.17) is 0 Å². The maximum absolute atomic E-state index is 11.6. The third kappa shape index (κ3) is 2.47. The van der Waals surface area contributed by atoms with Gasteiger partial charge in [-0.05, 0) is 25.0 Å². The minimum atomic E-state index is -3.40. The van der Waals surface area contributed by atoms with Crippen LogP contribution < -0.4 is 0 Å². The lowest BCUT2D eigenvalue weighted by Crippen LogP contribution is -2.35. The van der Waals surface area contributed by atoms with Gasteiger partial charge in [-0.3, -0.25) is 0 Å². The van der Waals surface area contributed by atoms with Crippen molar-refractivity contribution in [2.75, 3.05) is 6.26 Å². The van der Waals surface area contributed by atoms with E-state index < -0.39 is 19.6 Å². The van der Waals surface area contributed by atoms with Crippen molar-refractivity contribution in [3.8, 4) is 0 Å². The van der Waals surface area contributed by atoms with E-state index in [0.29, 0.717) is 5.56 Å². The van der Waals surface area contributed by atoms with E-state index in [1.165, 1.54) is 6.92 Å². The molecule has 1 rings (SSSR count). The van der Waals surface area contributed by atoms with Gasteiger partial charge in [-0.2, -0.15) is 0 Å². The molecule has 0 spiro atoms. The molecular weight excluding hydrogens is 292 g/mol. The molecule has 90 valence electrons. The Balaban J connectivity index is 3.23. The molecule has 0 amide bonds. The van der Waals surface area contributed by atoms with Crippen LogP contribution >= 0.6 is 15.9 Å². The summed E-state index contributed by atoms with van der Waals surface area (Å²) in [5.74, 6) is 0. The van der Waals surface area contributed by atoms with E-state index in [0.717, 1.165) is 11.8 Å². The predicted molar refractivity (Wildman–Crippen MR) is 68.3 cm³/mol. The third-order valence-electron chi connectivity index (χ3n) is 2.70. The molecular formula is C11H15BrO3S. The van der Waals surface area contributed by atoms with Gasteiger partial charge in [0.1, 0.15) is 6.10 Å². The Kier molecular flexibility index (Phi) is 3.82. The third-order valence-corrected chi connectivity index (χ3v) is 6.57. The van der Waals surface area contributed by atoms with Crippen molar-refractivity contribution in [2.45, 2.75) is 23.6 Å². The lowest BCUT2D eigenvalue weighted by molar-refractivity contribution is 0.167. The number of halogens is 1. The zero-order chi connectivity index (χ0) is 12.6. The summed E-state index contributed by atoms with van der Waals surface area (Å²) >= 11 is 3.10. The summed E-state index contributed by atoms with van der Waals surface area (Å²) < 4.78 is 21.8. The lowest BCUT2D eigenvalue weighted by Gasteiger charge is -2.27. The number of aliphatic hydroxyl groups excluding tert-OH is 1. The first kappa shape index (κ1) is 13.7. The predicted octanol–water partition coefficient (Wildman–Crippen LogP) is 2.18. The normalized spacial score (nSPS) is 17.8. The maximum atomic E-state index is 11.6. The minimum Gasteiger partial charge on any atom is -0.386 e. The quantitative estimate of drug-likeness (QED) is 0.871. The number of rotatable bonds is 3. The fraction of sp³-hybridized carbons (Fsp3) is 0.455. The summed E-state index contributed by atoms with van der Waals surface area (Å²) in [6, 6.07) is 7.18. The number of hydrogen-bond acceptors (Lipinski definition) is 3. The van der Waals surface area contributed by atoms with Crippen molar-refractivity contribution in [1.82, 2.24) is 0 Å². The fourth-order valence-corrected chi connectivity index (χ4v) is 2.15. The first-order valence-corrected chi connectivity index (χ1v) is 7.48.